The molecule has 0 radical (unpaired) electrons. The smallest absolute Gasteiger partial charge is 0.107 e. The Hall–Kier alpha value is -0.740. The Kier molecular flexibility index (Phi) is 5.73. The zero-order valence-corrected chi connectivity index (χ0v) is 14.0. The van der Waals surface area contributed by atoms with Crippen LogP contribution in [0.5, 0.6) is 0 Å². The summed E-state index contributed by atoms with van der Waals surface area (Å²) in [6.45, 7) is 5.40. The minimum atomic E-state index is 0.521. The summed E-state index contributed by atoms with van der Waals surface area (Å²) in [7, 11) is 0. The van der Waals surface area contributed by atoms with E-state index >= 15 is 0 Å². The number of hydrogen-bond acceptors (Lipinski definition) is 3. The van der Waals surface area contributed by atoms with E-state index in [1.807, 2.05) is 11.8 Å². The van der Waals surface area contributed by atoms with Gasteiger partial charge in [0.05, 0.1) is 0 Å². The van der Waals surface area contributed by atoms with Gasteiger partial charge in [0.25, 0.3) is 0 Å². The highest BCUT2D eigenvalue weighted by Gasteiger charge is 2.24. The molecule has 0 aliphatic heterocycles. The molecule has 0 amide bonds. The summed E-state index contributed by atoms with van der Waals surface area (Å²) in [6.07, 6.45) is 5.26. The van der Waals surface area contributed by atoms with Crippen molar-refractivity contribution >= 4 is 34.7 Å². The second kappa shape index (κ2) is 7.32. The van der Waals surface area contributed by atoms with Crippen LogP contribution in [0.1, 0.15) is 45.1 Å². The van der Waals surface area contributed by atoms with E-state index in [1.54, 1.807) is 0 Å². The molecular formula is C16H24N2S2. The molecule has 0 aromatic heterocycles. The van der Waals surface area contributed by atoms with Gasteiger partial charge in [-0.2, -0.15) is 0 Å². The minimum Gasteiger partial charge on any atom is -0.389 e. The summed E-state index contributed by atoms with van der Waals surface area (Å²) in [6, 6.07) is 7.09. The summed E-state index contributed by atoms with van der Waals surface area (Å²) < 4.78 is 0. The van der Waals surface area contributed by atoms with E-state index in [0.717, 1.165) is 17.9 Å². The van der Waals surface area contributed by atoms with E-state index in [0.29, 0.717) is 11.0 Å². The van der Waals surface area contributed by atoms with Crippen LogP contribution in [-0.2, 0) is 0 Å². The molecule has 1 saturated carbocycles. The molecule has 2 nitrogen and oxygen atoms in total. The lowest BCUT2D eigenvalue weighted by Gasteiger charge is -2.32. The highest BCUT2D eigenvalue weighted by Crippen LogP contribution is 2.35. The second-order valence-electron chi connectivity index (χ2n) is 5.17. The van der Waals surface area contributed by atoms with Crippen molar-refractivity contribution in [3.05, 3.63) is 23.8 Å². The highest BCUT2D eigenvalue weighted by atomic mass is 32.2. The van der Waals surface area contributed by atoms with Gasteiger partial charge in [0.1, 0.15) is 4.99 Å². The van der Waals surface area contributed by atoms with E-state index < -0.39 is 0 Å². The van der Waals surface area contributed by atoms with Crippen molar-refractivity contribution in [2.24, 2.45) is 5.73 Å². The van der Waals surface area contributed by atoms with Crippen LogP contribution in [0.4, 0.5) is 5.69 Å². The van der Waals surface area contributed by atoms with Gasteiger partial charge in [-0.1, -0.05) is 38.0 Å². The van der Waals surface area contributed by atoms with E-state index in [2.05, 4.69) is 36.9 Å². The van der Waals surface area contributed by atoms with E-state index in [1.165, 1.54) is 36.3 Å². The van der Waals surface area contributed by atoms with Crippen molar-refractivity contribution in [3.8, 4) is 0 Å². The summed E-state index contributed by atoms with van der Waals surface area (Å²) in [5.41, 5.74) is 8.33. The maximum atomic E-state index is 6.03. The third kappa shape index (κ3) is 3.29. The Morgan fingerprint density at radius 2 is 2.05 bits per heavy atom. The molecule has 0 atom stereocenters. The summed E-state index contributed by atoms with van der Waals surface area (Å²) in [4.78, 5) is 4.24. The maximum Gasteiger partial charge on any atom is 0.107 e. The van der Waals surface area contributed by atoms with Crippen LogP contribution in [0.2, 0.25) is 0 Å². The van der Waals surface area contributed by atoms with Crippen molar-refractivity contribution in [2.45, 2.75) is 50.5 Å². The van der Waals surface area contributed by atoms with Gasteiger partial charge >= 0.3 is 0 Å². The Morgan fingerprint density at radius 3 is 2.60 bits per heavy atom. The molecule has 1 aromatic carbocycles. The molecule has 4 heteroatoms. The van der Waals surface area contributed by atoms with Crippen LogP contribution in [0, 0.1) is 0 Å². The van der Waals surface area contributed by atoms with Crippen LogP contribution in [0.25, 0.3) is 0 Å². The summed E-state index contributed by atoms with van der Waals surface area (Å²) in [5.74, 6) is 1.04. The first-order valence-electron chi connectivity index (χ1n) is 7.51. The lowest BCUT2D eigenvalue weighted by atomic mass is 10.1. The fraction of sp³-hybridized carbons (Fsp3) is 0.562. The van der Waals surface area contributed by atoms with Crippen LogP contribution < -0.4 is 10.6 Å². The minimum absolute atomic E-state index is 0.521. The SMILES string of the molecule is CCSc1cccc(N(CC)C2CCCC2)c1C(N)=S. The Balaban J connectivity index is 2.42. The maximum absolute atomic E-state index is 6.03. The lowest BCUT2D eigenvalue weighted by molar-refractivity contribution is 0.619. The molecule has 1 aliphatic carbocycles. The number of benzene rings is 1. The lowest BCUT2D eigenvalue weighted by Crippen LogP contribution is -2.34. The van der Waals surface area contributed by atoms with Gasteiger partial charge in [-0.15, -0.1) is 11.8 Å². The van der Waals surface area contributed by atoms with Crippen molar-refractivity contribution in [1.29, 1.82) is 0 Å². The molecule has 2 N–H and O–H groups in total. The molecule has 1 aromatic rings. The Bertz CT molecular complexity index is 468. The molecule has 0 unspecified atom stereocenters. The molecule has 0 spiro atoms. The number of nitrogens with zero attached hydrogens (tertiary/aromatic N) is 1. The number of thioether (sulfide) groups is 1. The van der Waals surface area contributed by atoms with Gasteiger partial charge in [-0.3, -0.25) is 0 Å². The summed E-state index contributed by atoms with van der Waals surface area (Å²) in [5, 5.41) is 0. The van der Waals surface area contributed by atoms with Crippen molar-refractivity contribution in [2.75, 3.05) is 17.2 Å². The largest absolute Gasteiger partial charge is 0.389 e. The average Bonchev–Trinajstić information content (AvgIpc) is 2.94. The molecule has 0 saturated heterocycles. The Morgan fingerprint density at radius 1 is 1.35 bits per heavy atom. The first kappa shape index (κ1) is 15.6. The molecule has 0 bridgehead atoms. The predicted molar refractivity (Wildman–Crippen MR) is 94.0 cm³/mol. The van der Waals surface area contributed by atoms with Crippen LogP contribution in [0.15, 0.2) is 23.1 Å². The molecular weight excluding hydrogens is 284 g/mol. The molecule has 110 valence electrons. The van der Waals surface area contributed by atoms with Gasteiger partial charge in [0.2, 0.25) is 0 Å². The van der Waals surface area contributed by atoms with Gasteiger partial charge in [0.15, 0.2) is 0 Å². The average molecular weight is 309 g/mol. The highest BCUT2D eigenvalue weighted by molar-refractivity contribution is 7.99. The molecule has 20 heavy (non-hydrogen) atoms. The predicted octanol–water partition coefficient (Wildman–Crippen LogP) is 4.20. The monoisotopic (exact) mass is 308 g/mol. The number of nitrogens with two attached hydrogens (primary N) is 1. The van der Waals surface area contributed by atoms with Crippen molar-refractivity contribution < 1.29 is 0 Å². The fourth-order valence-electron chi connectivity index (χ4n) is 3.12. The molecule has 1 aliphatic rings. The number of thiocarbonyl (C=S) groups is 1. The number of hydrogen-bond donors (Lipinski definition) is 1. The third-order valence-electron chi connectivity index (χ3n) is 3.97. The zero-order valence-electron chi connectivity index (χ0n) is 12.4. The molecule has 1 fully saturated rings. The zero-order chi connectivity index (χ0) is 14.5. The first-order valence-corrected chi connectivity index (χ1v) is 8.90. The van der Waals surface area contributed by atoms with Crippen LogP contribution in [0.3, 0.4) is 0 Å². The van der Waals surface area contributed by atoms with Crippen LogP contribution in [-0.4, -0.2) is 23.3 Å². The van der Waals surface area contributed by atoms with Gasteiger partial charge < -0.3 is 10.6 Å². The Labute approximate surface area is 132 Å². The van der Waals surface area contributed by atoms with E-state index in [4.69, 9.17) is 18.0 Å². The third-order valence-corrected chi connectivity index (χ3v) is 5.11. The van der Waals surface area contributed by atoms with Gasteiger partial charge in [-0.25, -0.2) is 0 Å². The van der Waals surface area contributed by atoms with E-state index in [9.17, 15) is 0 Å². The molecule has 2 rings (SSSR count). The quantitative estimate of drug-likeness (QED) is 0.630. The summed E-state index contributed by atoms with van der Waals surface area (Å²) >= 11 is 7.15. The standard InChI is InChI=1S/C16H24N2S2/c1-3-18(12-8-5-6-9-12)13-10-7-11-14(20-4-2)15(13)16(17)19/h7,10-12H,3-6,8-9H2,1-2H3,(H2,17,19). The van der Waals surface area contributed by atoms with Crippen molar-refractivity contribution in [3.63, 3.8) is 0 Å². The van der Waals surface area contributed by atoms with Gasteiger partial charge in [0, 0.05) is 28.7 Å². The number of anilines is 1. The van der Waals surface area contributed by atoms with Crippen molar-refractivity contribution in [1.82, 2.24) is 0 Å². The topological polar surface area (TPSA) is 29.3 Å². The van der Waals surface area contributed by atoms with E-state index in [-0.39, 0.29) is 0 Å². The fourth-order valence-corrected chi connectivity index (χ4v) is 4.25. The van der Waals surface area contributed by atoms with Crippen LogP contribution >= 0.6 is 24.0 Å². The number of rotatable bonds is 6. The van der Waals surface area contributed by atoms with Gasteiger partial charge in [-0.05, 0) is 37.7 Å². The normalized spacial score (nSPS) is 15.5. The molecule has 0 heterocycles. The second-order valence-corrected chi connectivity index (χ2v) is 6.92. The first-order chi connectivity index (χ1) is 9.69.